The highest BCUT2D eigenvalue weighted by Crippen LogP contribution is 2.28. The van der Waals surface area contributed by atoms with E-state index < -0.39 is 0 Å². The number of hydrogen-bond acceptors (Lipinski definition) is 3. The maximum absolute atomic E-state index is 11.9. The Balaban J connectivity index is 2.08. The molecule has 0 radical (unpaired) electrons. The molecule has 0 spiro atoms. The van der Waals surface area contributed by atoms with Crippen LogP contribution in [0.2, 0.25) is 0 Å². The van der Waals surface area contributed by atoms with Gasteiger partial charge in [0.1, 0.15) is 5.75 Å². The van der Waals surface area contributed by atoms with E-state index in [0.29, 0.717) is 23.7 Å². The summed E-state index contributed by atoms with van der Waals surface area (Å²) in [5.41, 5.74) is 1.22. The summed E-state index contributed by atoms with van der Waals surface area (Å²) < 4.78 is 7.94. The van der Waals surface area contributed by atoms with Gasteiger partial charge in [-0.25, -0.2) is 4.79 Å². The molecule has 0 aliphatic carbocycles. The molecule has 20 heavy (non-hydrogen) atoms. The van der Waals surface area contributed by atoms with Crippen molar-refractivity contribution in [1.82, 2.24) is 9.78 Å². The van der Waals surface area contributed by atoms with Gasteiger partial charge in [0.2, 0.25) is 0 Å². The fourth-order valence-electron chi connectivity index (χ4n) is 1.65. The lowest BCUT2D eigenvalue weighted by molar-refractivity contribution is 0.262. The lowest BCUT2D eigenvalue weighted by Crippen LogP contribution is -2.19. The van der Waals surface area contributed by atoms with Gasteiger partial charge in [0.25, 0.3) is 0 Å². The van der Waals surface area contributed by atoms with E-state index in [9.17, 15) is 4.79 Å². The van der Waals surface area contributed by atoms with Crippen molar-refractivity contribution in [1.29, 1.82) is 0 Å². The molecule has 2 amide bonds. The molecule has 1 aromatic heterocycles. The molecular weight excluding hydrogens is 324 g/mol. The van der Waals surface area contributed by atoms with Gasteiger partial charge in [-0.1, -0.05) is 15.9 Å². The van der Waals surface area contributed by atoms with E-state index in [0.717, 1.165) is 4.47 Å². The zero-order valence-electron chi connectivity index (χ0n) is 11.2. The average molecular weight is 339 g/mol. The van der Waals surface area contributed by atoms with E-state index in [1.54, 1.807) is 36.3 Å². The summed E-state index contributed by atoms with van der Waals surface area (Å²) >= 11 is 3.37. The quantitative estimate of drug-likeness (QED) is 0.899. The molecule has 0 aliphatic heterocycles. The Morgan fingerprint density at radius 1 is 1.45 bits per heavy atom. The molecule has 1 heterocycles. The van der Waals surface area contributed by atoms with Crippen LogP contribution >= 0.6 is 15.9 Å². The highest BCUT2D eigenvalue weighted by molar-refractivity contribution is 9.10. The molecule has 0 bridgehead atoms. The first kappa shape index (κ1) is 14.4. The number of anilines is 2. The molecule has 6 nitrogen and oxygen atoms in total. The van der Waals surface area contributed by atoms with E-state index in [-0.39, 0.29) is 6.03 Å². The number of amides is 2. The summed E-state index contributed by atoms with van der Waals surface area (Å²) in [6, 6.07) is 5.09. The molecule has 0 aliphatic rings. The Hall–Kier alpha value is -2.02. The number of ether oxygens (including phenoxy) is 1. The summed E-state index contributed by atoms with van der Waals surface area (Å²) in [6.45, 7) is 2.42. The molecule has 7 heteroatoms. The molecule has 2 rings (SSSR count). The average Bonchev–Trinajstić information content (AvgIpc) is 2.78. The fourth-order valence-corrected chi connectivity index (χ4v) is 2.01. The van der Waals surface area contributed by atoms with Crippen molar-refractivity contribution in [3.05, 3.63) is 35.1 Å². The highest BCUT2D eigenvalue weighted by atomic mass is 79.9. The van der Waals surface area contributed by atoms with E-state index in [2.05, 4.69) is 31.7 Å². The van der Waals surface area contributed by atoms with Crippen LogP contribution in [0.5, 0.6) is 5.75 Å². The Morgan fingerprint density at radius 2 is 2.25 bits per heavy atom. The Bertz CT molecular complexity index is 612. The van der Waals surface area contributed by atoms with Crippen molar-refractivity contribution < 1.29 is 9.53 Å². The number of benzene rings is 1. The maximum Gasteiger partial charge on any atom is 0.323 e. The van der Waals surface area contributed by atoms with Crippen LogP contribution in [-0.4, -0.2) is 22.4 Å². The molecule has 0 fully saturated rings. The second-order valence-corrected chi connectivity index (χ2v) is 4.97. The zero-order valence-corrected chi connectivity index (χ0v) is 12.8. The van der Waals surface area contributed by atoms with Crippen LogP contribution in [0.1, 0.15) is 6.92 Å². The van der Waals surface area contributed by atoms with Gasteiger partial charge in [0, 0.05) is 17.7 Å². The number of carbonyl (C=O) groups is 1. The third-order valence-corrected chi connectivity index (χ3v) is 2.95. The lowest BCUT2D eigenvalue weighted by atomic mass is 10.3. The number of urea groups is 1. The lowest BCUT2D eigenvalue weighted by Gasteiger charge is -2.12. The summed E-state index contributed by atoms with van der Waals surface area (Å²) in [4.78, 5) is 11.9. The smallest absolute Gasteiger partial charge is 0.323 e. The summed E-state index contributed by atoms with van der Waals surface area (Å²) in [7, 11) is 1.78. The molecule has 0 atom stereocenters. The second kappa shape index (κ2) is 6.42. The predicted molar refractivity (Wildman–Crippen MR) is 81.2 cm³/mol. The summed E-state index contributed by atoms with van der Waals surface area (Å²) in [5.74, 6) is 0.622. The molecule has 106 valence electrons. The first-order chi connectivity index (χ1) is 9.58. The molecular formula is C13H15BrN4O2. The first-order valence-corrected chi connectivity index (χ1v) is 6.87. The molecule has 2 aromatic rings. The third kappa shape index (κ3) is 3.74. The van der Waals surface area contributed by atoms with Crippen LogP contribution in [0.25, 0.3) is 0 Å². The van der Waals surface area contributed by atoms with Gasteiger partial charge in [0.15, 0.2) is 0 Å². The molecule has 0 saturated carbocycles. The Labute approximate surface area is 125 Å². The number of hydrogen-bond donors (Lipinski definition) is 2. The van der Waals surface area contributed by atoms with Crippen molar-refractivity contribution in [2.24, 2.45) is 7.05 Å². The normalized spacial score (nSPS) is 10.2. The minimum atomic E-state index is -0.350. The van der Waals surface area contributed by atoms with Gasteiger partial charge in [0.05, 0.1) is 24.2 Å². The topological polar surface area (TPSA) is 68.2 Å². The number of aromatic nitrogens is 2. The van der Waals surface area contributed by atoms with Crippen LogP contribution in [0.3, 0.4) is 0 Å². The van der Waals surface area contributed by atoms with E-state index in [1.807, 2.05) is 13.0 Å². The monoisotopic (exact) mass is 338 g/mol. The number of nitrogens with one attached hydrogen (secondary N) is 2. The highest BCUT2D eigenvalue weighted by Gasteiger charge is 2.09. The molecule has 1 aromatic carbocycles. The van der Waals surface area contributed by atoms with E-state index in [4.69, 9.17) is 4.74 Å². The van der Waals surface area contributed by atoms with Crippen LogP contribution in [0, 0.1) is 0 Å². The van der Waals surface area contributed by atoms with Crippen LogP contribution in [0.4, 0.5) is 16.2 Å². The van der Waals surface area contributed by atoms with Crippen molar-refractivity contribution >= 4 is 33.3 Å². The van der Waals surface area contributed by atoms with Crippen molar-refractivity contribution in [3.63, 3.8) is 0 Å². The predicted octanol–water partition coefficient (Wildman–Crippen LogP) is 3.23. The standard InChI is InChI=1S/C13H15BrN4O2/c1-3-20-12-5-4-9(14)6-11(12)17-13(19)16-10-7-15-18(2)8-10/h4-8H,3H2,1-2H3,(H2,16,17,19). The summed E-state index contributed by atoms with van der Waals surface area (Å²) in [5, 5.41) is 9.43. The van der Waals surface area contributed by atoms with Crippen LogP contribution in [-0.2, 0) is 7.05 Å². The second-order valence-electron chi connectivity index (χ2n) is 4.06. The number of carbonyl (C=O) groups excluding carboxylic acids is 1. The SMILES string of the molecule is CCOc1ccc(Br)cc1NC(=O)Nc1cnn(C)c1. The fraction of sp³-hybridized carbons (Fsp3) is 0.231. The summed E-state index contributed by atoms with van der Waals surface area (Å²) in [6.07, 6.45) is 3.29. The van der Waals surface area contributed by atoms with Gasteiger partial charge in [-0.2, -0.15) is 5.10 Å². The number of halogens is 1. The van der Waals surface area contributed by atoms with E-state index >= 15 is 0 Å². The van der Waals surface area contributed by atoms with E-state index in [1.165, 1.54) is 0 Å². The largest absolute Gasteiger partial charge is 0.492 e. The van der Waals surface area contributed by atoms with Gasteiger partial charge >= 0.3 is 6.03 Å². The van der Waals surface area contributed by atoms with Crippen molar-refractivity contribution in [2.45, 2.75) is 6.92 Å². The van der Waals surface area contributed by atoms with Gasteiger partial charge in [-0.3, -0.25) is 4.68 Å². The number of nitrogens with zero attached hydrogens (tertiary/aromatic N) is 2. The number of rotatable bonds is 4. The van der Waals surface area contributed by atoms with Gasteiger partial charge in [-0.05, 0) is 25.1 Å². The van der Waals surface area contributed by atoms with Crippen molar-refractivity contribution in [3.8, 4) is 5.75 Å². The van der Waals surface area contributed by atoms with Crippen LogP contribution < -0.4 is 15.4 Å². The number of aryl methyl sites for hydroxylation is 1. The molecule has 2 N–H and O–H groups in total. The molecule has 0 unspecified atom stereocenters. The van der Waals surface area contributed by atoms with Gasteiger partial charge < -0.3 is 15.4 Å². The van der Waals surface area contributed by atoms with Crippen LogP contribution in [0.15, 0.2) is 35.1 Å². The third-order valence-electron chi connectivity index (χ3n) is 2.45. The maximum atomic E-state index is 11.9. The first-order valence-electron chi connectivity index (χ1n) is 6.07. The zero-order chi connectivity index (χ0) is 14.5. The molecule has 0 saturated heterocycles. The van der Waals surface area contributed by atoms with Crippen molar-refractivity contribution in [2.75, 3.05) is 17.2 Å². The van der Waals surface area contributed by atoms with Gasteiger partial charge in [-0.15, -0.1) is 0 Å². The Kier molecular flexibility index (Phi) is 4.62. The Morgan fingerprint density at radius 3 is 2.90 bits per heavy atom. The minimum Gasteiger partial charge on any atom is -0.492 e. The minimum absolute atomic E-state index is 0.350.